The molecule has 0 saturated carbocycles. The predicted molar refractivity (Wildman–Crippen MR) is 62.2 cm³/mol. The Morgan fingerprint density at radius 2 is 1.81 bits per heavy atom. The van der Waals surface area contributed by atoms with Gasteiger partial charge in [0.05, 0.1) is 12.5 Å². The van der Waals surface area contributed by atoms with Gasteiger partial charge in [-0.3, -0.25) is 9.59 Å². The van der Waals surface area contributed by atoms with Crippen molar-refractivity contribution in [2.45, 2.75) is 46.2 Å². The molecule has 5 heteroatoms. The van der Waals surface area contributed by atoms with E-state index in [0.717, 1.165) is 6.42 Å². The highest BCUT2D eigenvalue weighted by Gasteiger charge is 2.20. The van der Waals surface area contributed by atoms with Crippen LogP contribution in [0.1, 0.15) is 34.1 Å². The fraction of sp³-hybridized carbons (Fsp3) is 0.818. The second-order valence-corrected chi connectivity index (χ2v) is 4.17. The second kappa shape index (κ2) is 7.22. The summed E-state index contributed by atoms with van der Waals surface area (Å²) in [5, 5.41) is 14.5. The smallest absolute Gasteiger partial charge is 0.308 e. The Balaban J connectivity index is 3.91. The topological polar surface area (TPSA) is 78.4 Å². The van der Waals surface area contributed by atoms with E-state index >= 15 is 0 Å². The Morgan fingerprint density at radius 1 is 1.25 bits per heavy atom. The largest absolute Gasteiger partial charge is 0.481 e. The van der Waals surface area contributed by atoms with Crippen molar-refractivity contribution in [2.24, 2.45) is 5.92 Å². The van der Waals surface area contributed by atoms with Crippen molar-refractivity contribution in [2.75, 3.05) is 6.54 Å². The quantitative estimate of drug-likeness (QED) is 0.598. The molecule has 0 heterocycles. The van der Waals surface area contributed by atoms with Crippen LogP contribution in [0.4, 0.5) is 0 Å². The molecule has 0 saturated heterocycles. The average molecular weight is 230 g/mol. The average Bonchev–Trinajstić information content (AvgIpc) is 2.24. The molecule has 0 aromatic heterocycles. The van der Waals surface area contributed by atoms with E-state index in [-0.39, 0.29) is 24.5 Å². The summed E-state index contributed by atoms with van der Waals surface area (Å²) in [6, 6.07) is -0.0679. The molecule has 0 aliphatic rings. The van der Waals surface area contributed by atoms with E-state index in [9.17, 15) is 9.59 Å². The van der Waals surface area contributed by atoms with Crippen molar-refractivity contribution >= 4 is 11.9 Å². The SMILES string of the molecule is CCC(C)NCC(=O)NC(C)C(C)C(=O)O. The van der Waals surface area contributed by atoms with Crippen LogP contribution in [0.3, 0.4) is 0 Å². The van der Waals surface area contributed by atoms with Crippen LogP contribution in [0, 0.1) is 5.92 Å². The fourth-order valence-corrected chi connectivity index (χ4v) is 1.06. The summed E-state index contributed by atoms with van der Waals surface area (Å²) in [6.07, 6.45) is 0.953. The van der Waals surface area contributed by atoms with Crippen molar-refractivity contribution in [3.63, 3.8) is 0 Å². The summed E-state index contributed by atoms with van der Waals surface area (Å²) in [5.74, 6) is -1.64. The van der Waals surface area contributed by atoms with Crippen LogP contribution < -0.4 is 10.6 Å². The summed E-state index contributed by atoms with van der Waals surface area (Å²) in [5.41, 5.74) is 0. The minimum atomic E-state index is -0.900. The Labute approximate surface area is 96.6 Å². The van der Waals surface area contributed by atoms with Crippen molar-refractivity contribution in [3.8, 4) is 0 Å². The highest BCUT2D eigenvalue weighted by atomic mass is 16.4. The molecule has 5 nitrogen and oxygen atoms in total. The molecule has 0 aromatic carbocycles. The molecule has 0 fully saturated rings. The summed E-state index contributed by atoms with van der Waals surface area (Å²) in [7, 11) is 0. The Kier molecular flexibility index (Phi) is 6.72. The lowest BCUT2D eigenvalue weighted by molar-refractivity contribution is -0.142. The number of hydrogen-bond donors (Lipinski definition) is 3. The maximum Gasteiger partial charge on any atom is 0.308 e. The molecule has 3 N–H and O–H groups in total. The lowest BCUT2D eigenvalue weighted by Gasteiger charge is -2.18. The molecule has 0 aliphatic carbocycles. The first-order chi connectivity index (χ1) is 7.38. The van der Waals surface area contributed by atoms with Gasteiger partial charge in [0.1, 0.15) is 0 Å². The molecule has 16 heavy (non-hydrogen) atoms. The summed E-state index contributed by atoms with van der Waals surface area (Å²) in [6.45, 7) is 7.53. The first kappa shape index (κ1) is 14.9. The molecular weight excluding hydrogens is 208 g/mol. The van der Waals surface area contributed by atoms with Crippen LogP contribution in [0.5, 0.6) is 0 Å². The van der Waals surface area contributed by atoms with Crippen LogP contribution in [0.15, 0.2) is 0 Å². The number of aliphatic carboxylic acids is 1. The van der Waals surface area contributed by atoms with Gasteiger partial charge in [-0.15, -0.1) is 0 Å². The van der Waals surface area contributed by atoms with Crippen LogP contribution in [0.2, 0.25) is 0 Å². The molecule has 0 aromatic rings. The first-order valence-electron chi connectivity index (χ1n) is 5.64. The number of carboxylic acids is 1. The molecule has 0 rings (SSSR count). The lowest BCUT2D eigenvalue weighted by Crippen LogP contribution is -2.45. The van der Waals surface area contributed by atoms with Gasteiger partial charge < -0.3 is 15.7 Å². The highest BCUT2D eigenvalue weighted by Crippen LogP contribution is 2.01. The van der Waals surface area contributed by atoms with E-state index in [1.165, 1.54) is 0 Å². The van der Waals surface area contributed by atoms with E-state index in [2.05, 4.69) is 10.6 Å². The maximum absolute atomic E-state index is 11.4. The van der Waals surface area contributed by atoms with Gasteiger partial charge in [0.2, 0.25) is 5.91 Å². The van der Waals surface area contributed by atoms with Gasteiger partial charge in [-0.2, -0.15) is 0 Å². The highest BCUT2D eigenvalue weighted by molar-refractivity contribution is 5.79. The molecule has 94 valence electrons. The van der Waals surface area contributed by atoms with Gasteiger partial charge in [0.15, 0.2) is 0 Å². The Bertz CT molecular complexity index is 243. The van der Waals surface area contributed by atoms with Crippen LogP contribution in [-0.4, -0.2) is 35.6 Å². The summed E-state index contributed by atoms with van der Waals surface area (Å²) >= 11 is 0. The van der Waals surface area contributed by atoms with Gasteiger partial charge >= 0.3 is 5.97 Å². The third-order valence-corrected chi connectivity index (χ3v) is 2.75. The monoisotopic (exact) mass is 230 g/mol. The van der Waals surface area contributed by atoms with Crippen molar-refractivity contribution < 1.29 is 14.7 Å². The zero-order chi connectivity index (χ0) is 12.7. The van der Waals surface area contributed by atoms with Crippen molar-refractivity contribution in [1.29, 1.82) is 0 Å². The van der Waals surface area contributed by atoms with E-state index in [1.807, 2.05) is 13.8 Å². The normalized spacial score (nSPS) is 16.2. The molecular formula is C11H22N2O3. The number of amides is 1. The summed E-state index contributed by atoms with van der Waals surface area (Å²) in [4.78, 5) is 22.1. The number of nitrogens with one attached hydrogen (secondary N) is 2. The Morgan fingerprint density at radius 3 is 2.25 bits per heavy atom. The van der Waals surface area contributed by atoms with Gasteiger partial charge in [-0.1, -0.05) is 6.92 Å². The molecule has 3 unspecified atom stereocenters. The zero-order valence-corrected chi connectivity index (χ0v) is 10.4. The van der Waals surface area contributed by atoms with Crippen LogP contribution in [0.25, 0.3) is 0 Å². The third kappa shape index (κ3) is 5.70. The molecule has 3 atom stereocenters. The number of rotatable bonds is 7. The first-order valence-corrected chi connectivity index (χ1v) is 5.64. The number of carbonyl (C=O) groups is 2. The van der Waals surface area contributed by atoms with Crippen molar-refractivity contribution in [1.82, 2.24) is 10.6 Å². The van der Waals surface area contributed by atoms with E-state index < -0.39 is 11.9 Å². The molecule has 0 radical (unpaired) electrons. The van der Waals surface area contributed by atoms with Gasteiger partial charge in [-0.05, 0) is 27.2 Å². The second-order valence-electron chi connectivity index (χ2n) is 4.17. The molecule has 0 bridgehead atoms. The van der Waals surface area contributed by atoms with Gasteiger partial charge in [0, 0.05) is 12.1 Å². The molecule has 0 aliphatic heterocycles. The number of carbonyl (C=O) groups excluding carboxylic acids is 1. The van der Waals surface area contributed by atoms with Gasteiger partial charge in [0.25, 0.3) is 0 Å². The lowest BCUT2D eigenvalue weighted by atomic mass is 10.0. The Hall–Kier alpha value is -1.10. The predicted octanol–water partition coefficient (Wildman–Crippen LogP) is 0.600. The van der Waals surface area contributed by atoms with E-state index in [0.29, 0.717) is 0 Å². The zero-order valence-electron chi connectivity index (χ0n) is 10.4. The number of carboxylic acid groups (broad SMARTS) is 1. The minimum Gasteiger partial charge on any atom is -0.481 e. The van der Waals surface area contributed by atoms with Gasteiger partial charge in [-0.25, -0.2) is 0 Å². The summed E-state index contributed by atoms with van der Waals surface area (Å²) < 4.78 is 0. The molecule has 0 spiro atoms. The van der Waals surface area contributed by atoms with Crippen LogP contribution >= 0.6 is 0 Å². The fourth-order valence-electron chi connectivity index (χ4n) is 1.06. The standard InChI is InChI=1S/C11H22N2O3/c1-5-7(2)12-6-10(14)13-9(4)8(3)11(15)16/h7-9,12H,5-6H2,1-4H3,(H,13,14)(H,15,16). The third-order valence-electron chi connectivity index (χ3n) is 2.75. The van der Waals surface area contributed by atoms with E-state index in [4.69, 9.17) is 5.11 Å². The minimum absolute atomic E-state index is 0.166. The number of hydrogen-bond acceptors (Lipinski definition) is 3. The van der Waals surface area contributed by atoms with Crippen molar-refractivity contribution in [3.05, 3.63) is 0 Å². The van der Waals surface area contributed by atoms with E-state index in [1.54, 1.807) is 13.8 Å². The molecule has 1 amide bonds. The maximum atomic E-state index is 11.4. The van der Waals surface area contributed by atoms with Crippen LogP contribution in [-0.2, 0) is 9.59 Å².